The van der Waals surface area contributed by atoms with Gasteiger partial charge >= 0.3 is 0 Å². The summed E-state index contributed by atoms with van der Waals surface area (Å²) in [7, 11) is -4.25. The van der Waals surface area contributed by atoms with Crippen LogP contribution in [0.25, 0.3) is 6.08 Å². The van der Waals surface area contributed by atoms with Crippen molar-refractivity contribution in [3.63, 3.8) is 0 Å². The fraction of sp³-hybridized carbons (Fsp3) is 0.273. The number of hydrogen-bond donors (Lipinski definition) is 1. The largest absolute Gasteiger partial charge is 0.744 e. The Morgan fingerprint density at radius 3 is 2.19 bits per heavy atom. The average molecular weight is 243 g/mol. The molecule has 1 rings (SSSR count). The molecular weight excluding hydrogens is 226 g/mol. The van der Waals surface area contributed by atoms with Crippen LogP contribution >= 0.6 is 0 Å². The van der Waals surface area contributed by atoms with Crippen LogP contribution in [0.5, 0.6) is 0 Å². The van der Waals surface area contributed by atoms with Crippen LogP contribution in [0.2, 0.25) is 0 Å². The number of benzene rings is 1. The van der Waals surface area contributed by atoms with E-state index in [1.807, 2.05) is 6.07 Å². The van der Waals surface area contributed by atoms with E-state index >= 15 is 0 Å². The molecule has 0 aliphatic carbocycles. The molecule has 0 aromatic heterocycles. The van der Waals surface area contributed by atoms with Crippen LogP contribution in [0.3, 0.4) is 0 Å². The molecule has 0 saturated heterocycles. The van der Waals surface area contributed by atoms with Gasteiger partial charge in [-0.25, -0.2) is 8.42 Å². The second kappa shape index (κ2) is 8.04. The Balaban J connectivity index is 0.000000487. The first kappa shape index (κ1) is 14.8. The van der Waals surface area contributed by atoms with Crippen molar-refractivity contribution in [3.05, 3.63) is 41.3 Å². The molecule has 5 heteroatoms. The van der Waals surface area contributed by atoms with Crippen LogP contribution in [0.4, 0.5) is 0 Å². The van der Waals surface area contributed by atoms with Gasteiger partial charge in [0.1, 0.15) is 10.1 Å². The molecule has 0 saturated carbocycles. The second-order valence-corrected chi connectivity index (χ2v) is 4.32. The van der Waals surface area contributed by atoms with Gasteiger partial charge in [0.15, 0.2) is 0 Å². The second-order valence-electron chi connectivity index (χ2n) is 3.06. The monoisotopic (exact) mass is 243 g/mol. The lowest BCUT2D eigenvalue weighted by atomic mass is 10.2. The van der Waals surface area contributed by atoms with Crippen molar-refractivity contribution in [2.24, 2.45) is 0 Å². The first-order valence-electron chi connectivity index (χ1n) is 4.98. The van der Waals surface area contributed by atoms with Crippen molar-refractivity contribution in [2.45, 2.75) is 13.3 Å². The molecule has 0 atom stereocenters. The third-order valence-corrected chi connectivity index (χ3v) is 2.05. The van der Waals surface area contributed by atoms with Gasteiger partial charge in [0, 0.05) is 5.41 Å². The lowest BCUT2D eigenvalue weighted by Gasteiger charge is -1.97. The summed E-state index contributed by atoms with van der Waals surface area (Å²) in [6, 6.07) is 8.75. The fourth-order valence-electron chi connectivity index (χ4n) is 0.726. The fourth-order valence-corrected chi connectivity index (χ4v) is 1.05. The molecule has 4 nitrogen and oxygen atoms in total. The highest BCUT2D eigenvalue weighted by molar-refractivity contribution is 7.88. The molecule has 1 aromatic carbocycles. The lowest BCUT2D eigenvalue weighted by Crippen LogP contribution is -2.49. The minimum Gasteiger partial charge on any atom is -0.744 e. The third kappa shape index (κ3) is 9.39. The first-order valence-corrected chi connectivity index (χ1v) is 6.45. The van der Waals surface area contributed by atoms with Crippen molar-refractivity contribution < 1.29 is 18.7 Å². The summed E-state index contributed by atoms with van der Waals surface area (Å²) < 4.78 is 30.5. The van der Waals surface area contributed by atoms with Crippen molar-refractivity contribution in [3.8, 4) is 0 Å². The molecule has 0 fully saturated rings. The van der Waals surface area contributed by atoms with Crippen molar-refractivity contribution >= 4 is 16.2 Å². The zero-order chi connectivity index (χ0) is 12.4. The predicted octanol–water partition coefficient (Wildman–Crippen LogP) is 0.841. The van der Waals surface area contributed by atoms with E-state index in [0.717, 1.165) is 6.54 Å². The minimum atomic E-state index is -4.25. The summed E-state index contributed by atoms with van der Waals surface area (Å²) in [5.74, 6) is 0. The van der Waals surface area contributed by atoms with E-state index in [1.165, 1.54) is 12.5 Å². The van der Waals surface area contributed by atoms with Gasteiger partial charge in [-0.3, -0.25) is 0 Å². The van der Waals surface area contributed by atoms with E-state index in [9.17, 15) is 13.0 Å². The van der Waals surface area contributed by atoms with Crippen LogP contribution in [0.15, 0.2) is 35.7 Å². The van der Waals surface area contributed by atoms with Crippen LogP contribution in [0, 0.1) is 0 Å². The van der Waals surface area contributed by atoms with Crippen LogP contribution in [-0.4, -0.2) is 19.5 Å². The molecule has 3 N–H and O–H groups in total. The minimum absolute atomic E-state index is 0.641. The van der Waals surface area contributed by atoms with Crippen LogP contribution < -0.4 is 5.73 Å². The molecule has 16 heavy (non-hydrogen) atoms. The van der Waals surface area contributed by atoms with Crippen LogP contribution in [-0.2, 0) is 10.1 Å². The van der Waals surface area contributed by atoms with Crippen molar-refractivity contribution in [1.29, 1.82) is 0 Å². The lowest BCUT2D eigenvalue weighted by molar-refractivity contribution is -0.367. The summed E-state index contributed by atoms with van der Waals surface area (Å²) in [6.45, 7) is 3.19. The maximum Gasteiger partial charge on any atom is 0.117 e. The number of rotatable bonds is 3. The highest BCUT2D eigenvalue weighted by atomic mass is 32.2. The zero-order valence-corrected chi connectivity index (χ0v) is 10.1. The Hall–Kier alpha value is -1.17. The average Bonchev–Trinajstić information content (AvgIpc) is 2.27. The maximum atomic E-state index is 10.2. The summed E-state index contributed by atoms with van der Waals surface area (Å²) in [6.07, 6.45) is 2.47. The Morgan fingerprint density at radius 2 is 1.81 bits per heavy atom. The molecule has 90 valence electrons. The first-order chi connectivity index (χ1) is 7.49. The highest BCUT2D eigenvalue weighted by Gasteiger charge is 1.85. The van der Waals surface area contributed by atoms with E-state index in [-0.39, 0.29) is 0 Å². The number of quaternary nitrogens is 1. The Morgan fingerprint density at radius 1 is 1.31 bits per heavy atom. The Kier molecular flexibility index (Phi) is 7.45. The normalized spacial score (nSPS) is 10.9. The molecule has 0 radical (unpaired) electrons. The molecule has 0 aliphatic heterocycles. The topological polar surface area (TPSA) is 84.8 Å². The standard InChI is InChI=1S/C8H8O3S.C3H9N/c9-12(10,11)7-6-8-4-2-1-3-5-8;1-2-3-4/h1-7H,(H,9,10,11);2-4H2,1H3. The van der Waals surface area contributed by atoms with E-state index in [4.69, 9.17) is 0 Å². The maximum absolute atomic E-state index is 10.2. The molecular formula is C11H17NO3S. The highest BCUT2D eigenvalue weighted by Crippen LogP contribution is 2.01. The number of hydrogen-bond acceptors (Lipinski definition) is 3. The molecule has 0 spiro atoms. The van der Waals surface area contributed by atoms with Gasteiger partial charge in [-0.1, -0.05) is 37.3 Å². The zero-order valence-electron chi connectivity index (χ0n) is 9.30. The van der Waals surface area contributed by atoms with E-state index < -0.39 is 10.1 Å². The van der Waals surface area contributed by atoms with E-state index in [0.29, 0.717) is 11.0 Å². The van der Waals surface area contributed by atoms with Gasteiger partial charge in [0.05, 0.1) is 6.54 Å². The summed E-state index contributed by atoms with van der Waals surface area (Å²) in [4.78, 5) is 0. The van der Waals surface area contributed by atoms with Gasteiger partial charge < -0.3 is 10.3 Å². The third-order valence-electron chi connectivity index (χ3n) is 1.58. The smallest absolute Gasteiger partial charge is 0.117 e. The Labute approximate surface area is 96.5 Å². The van der Waals surface area contributed by atoms with E-state index in [2.05, 4.69) is 12.7 Å². The predicted molar refractivity (Wildman–Crippen MR) is 63.2 cm³/mol. The summed E-state index contributed by atoms with van der Waals surface area (Å²) >= 11 is 0. The van der Waals surface area contributed by atoms with Crippen LogP contribution in [0.1, 0.15) is 18.9 Å². The van der Waals surface area contributed by atoms with Crippen molar-refractivity contribution in [2.75, 3.05) is 6.54 Å². The van der Waals surface area contributed by atoms with Gasteiger partial charge in [-0.05, 0) is 18.1 Å². The van der Waals surface area contributed by atoms with E-state index in [1.54, 1.807) is 24.3 Å². The van der Waals surface area contributed by atoms with Gasteiger partial charge in [0.25, 0.3) is 0 Å². The van der Waals surface area contributed by atoms with Crippen molar-refractivity contribution in [1.82, 2.24) is 0 Å². The molecule has 0 unspecified atom stereocenters. The molecule has 1 aromatic rings. The van der Waals surface area contributed by atoms with Gasteiger partial charge in [-0.15, -0.1) is 0 Å². The molecule has 0 heterocycles. The Bertz CT molecular complexity index is 396. The summed E-state index contributed by atoms with van der Waals surface area (Å²) in [5.41, 5.74) is 4.30. The van der Waals surface area contributed by atoms with Gasteiger partial charge in [-0.2, -0.15) is 0 Å². The quantitative estimate of drug-likeness (QED) is 0.798. The molecule has 0 bridgehead atoms. The van der Waals surface area contributed by atoms with Gasteiger partial charge in [0.2, 0.25) is 0 Å². The summed E-state index contributed by atoms with van der Waals surface area (Å²) in [5, 5.41) is 0.641. The molecule has 0 aliphatic rings. The SMILES string of the molecule is CCC[NH3+].O=S(=O)([O-])C=Cc1ccccc1. The molecule has 0 amide bonds.